The van der Waals surface area contributed by atoms with Crippen LogP contribution in [0.3, 0.4) is 0 Å². The molecule has 2 aromatic rings. The topological polar surface area (TPSA) is 51.8 Å². The van der Waals surface area contributed by atoms with E-state index in [4.69, 9.17) is 5.73 Å². The Labute approximate surface area is 96.9 Å². The normalized spacial score (nSPS) is 10.3. The third-order valence-electron chi connectivity index (χ3n) is 2.01. The molecule has 5 heteroatoms. The van der Waals surface area contributed by atoms with E-state index in [1.807, 2.05) is 0 Å². The van der Waals surface area contributed by atoms with Crippen molar-refractivity contribution in [3.8, 4) is 0 Å². The van der Waals surface area contributed by atoms with E-state index in [1.165, 1.54) is 23.9 Å². The van der Waals surface area contributed by atoms with Crippen LogP contribution in [0, 0.1) is 5.82 Å². The van der Waals surface area contributed by atoms with Crippen LogP contribution >= 0.6 is 11.8 Å². The van der Waals surface area contributed by atoms with E-state index < -0.39 is 0 Å². The molecule has 0 spiro atoms. The maximum absolute atomic E-state index is 12.8. The lowest BCUT2D eigenvalue weighted by Crippen LogP contribution is -1.94. The number of thioether (sulfide) groups is 1. The molecule has 2 rings (SSSR count). The lowest BCUT2D eigenvalue weighted by Gasteiger charge is -2.04. The van der Waals surface area contributed by atoms with Gasteiger partial charge in [0.15, 0.2) is 5.16 Å². The molecular weight excluding hydrogens is 225 g/mol. The van der Waals surface area contributed by atoms with Gasteiger partial charge in [-0.2, -0.15) is 0 Å². The minimum Gasteiger partial charge on any atom is -0.398 e. The maximum atomic E-state index is 12.8. The molecule has 1 aromatic carbocycles. The Hall–Kier alpha value is -1.62. The number of nitrogen functional groups attached to an aromatic ring is 1. The molecule has 0 aliphatic rings. The maximum Gasteiger partial charge on any atom is 0.187 e. The Morgan fingerprint density at radius 2 is 2.00 bits per heavy atom. The minimum atomic E-state index is -0.317. The fraction of sp³-hybridized carbons (Fsp3) is 0.0909. The Balaban J connectivity index is 2.05. The Morgan fingerprint density at radius 3 is 2.69 bits per heavy atom. The molecule has 0 saturated carbocycles. The smallest absolute Gasteiger partial charge is 0.187 e. The van der Waals surface area contributed by atoms with Crippen molar-refractivity contribution in [3.05, 3.63) is 48.0 Å². The van der Waals surface area contributed by atoms with E-state index in [0.29, 0.717) is 16.6 Å². The summed E-state index contributed by atoms with van der Waals surface area (Å²) in [6, 6.07) is 6.16. The van der Waals surface area contributed by atoms with Crippen molar-refractivity contribution < 1.29 is 4.39 Å². The molecule has 0 saturated heterocycles. The lowest BCUT2D eigenvalue weighted by atomic mass is 10.2. The van der Waals surface area contributed by atoms with Gasteiger partial charge in [0.05, 0.1) is 0 Å². The van der Waals surface area contributed by atoms with E-state index >= 15 is 0 Å². The van der Waals surface area contributed by atoms with Crippen LogP contribution < -0.4 is 5.73 Å². The number of nitrogens with two attached hydrogens (primary N) is 1. The van der Waals surface area contributed by atoms with Crippen LogP contribution in [0.15, 0.2) is 41.8 Å². The molecular formula is C11H10FN3S. The van der Waals surface area contributed by atoms with Crippen LogP contribution in [0.5, 0.6) is 0 Å². The lowest BCUT2D eigenvalue weighted by molar-refractivity contribution is 0.628. The molecule has 3 nitrogen and oxygen atoms in total. The predicted molar refractivity (Wildman–Crippen MR) is 62.4 cm³/mol. The Bertz CT molecular complexity index is 476. The highest BCUT2D eigenvalue weighted by atomic mass is 32.2. The molecule has 0 unspecified atom stereocenters. The minimum absolute atomic E-state index is 0.317. The summed E-state index contributed by atoms with van der Waals surface area (Å²) in [5.74, 6) is 0.318. The summed E-state index contributed by atoms with van der Waals surface area (Å²) < 4.78 is 12.8. The van der Waals surface area contributed by atoms with Crippen molar-refractivity contribution >= 4 is 17.4 Å². The number of halogens is 1. The third kappa shape index (κ3) is 2.70. The Morgan fingerprint density at radius 1 is 1.25 bits per heavy atom. The number of aromatic nitrogens is 2. The zero-order valence-electron chi connectivity index (χ0n) is 8.43. The van der Waals surface area contributed by atoms with Crippen LogP contribution in [0.4, 0.5) is 10.1 Å². The van der Waals surface area contributed by atoms with Gasteiger partial charge < -0.3 is 5.73 Å². The molecule has 0 radical (unpaired) electrons. The summed E-state index contributed by atoms with van der Waals surface area (Å²) in [5, 5.41) is 0.686. The van der Waals surface area contributed by atoms with Crippen molar-refractivity contribution in [2.75, 3.05) is 5.73 Å². The third-order valence-corrected chi connectivity index (χ3v) is 2.93. The summed E-state index contributed by atoms with van der Waals surface area (Å²) in [6.07, 6.45) is 3.37. The molecule has 0 aliphatic carbocycles. The van der Waals surface area contributed by atoms with Gasteiger partial charge in [-0.05, 0) is 23.8 Å². The highest BCUT2D eigenvalue weighted by molar-refractivity contribution is 7.98. The second-order valence-corrected chi connectivity index (χ2v) is 4.11. The summed E-state index contributed by atoms with van der Waals surface area (Å²) in [6.45, 7) is 0. The molecule has 0 aliphatic heterocycles. The van der Waals surface area contributed by atoms with Crippen LogP contribution in [0.2, 0.25) is 0 Å². The predicted octanol–water partition coefficient (Wildman–Crippen LogP) is 2.49. The van der Waals surface area contributed by atoms with Crippen molar-refractivity contribution in [1.82, 2.24) is 9.97 Å². The second kappa shape index (κ2) is 4.94. The highest BCUT2D eigenvalue weighted by Gasteiger charge is 2.03. The van der Waals surface area contributed by atoms with Gasteiger partial charge in [0.1, 0.15) is 5.82 Å². The molecule has 82 valence electrons. The molecule has 0 atom stereocenters. The van der Waals surface area contributed by atoms with Gasteiger partial charge >= 0.3 is 0 Å². The second-order valence-electron chi connectivity index (χ2n) is 3.16. The average Bonchev–Trinajstić information content (AvgIpc) is 2.29. The quantitative estimate of drug-likeness (QED) is 0.504. The fourth-order valence-corrected chi connectivity index (χ4v) is 2.02. The molecule has 1 heterocycles. The van der Waals surface area contributed by atoms with Crippen molar-refractivity contribution in [1.29, 1.82) is 0 Å². The van der Waals surface area contributed by atoms with E-state index in [9.17, 15) is 4.39 Å². The van der Waals surface area contributed by atoms with E-state index in [0.717, 1.165) is 5.56 Å². The molecule has 0 amide bonds. The number of nitrogens with zero attached hydrogens (tertiary/aromatic N) is 2. The number of hydrogen-bond acceptors (Lipinski definition) is 4. The number of rotatable bonds is 3. The molecule has 0 bridgehead atoms. The van der Waals surface area contributed by atoms with Gasteiger partial charge in [-0.3, -0.25) is 0 Å². The van der Waals surface area contributed by atoms with E-state index in [-0.39, 0.29) is 5.82 Å². The van der Waals surface area contributed by atoms with E-state index in [2.05, 4.69) is 9.97 Å². The summed E-state index contributed by atoms with van der Waals surface area (Å²) in [7, 11) is 0. The molecule has 2 N–H and O–H groups in total. The number of hydrogen-bond donors (Lipinski definition) is 1. The zero-order valence-corrected chi connectivity index (χ0v) is 9.25. The summed E-state index contributed by atoms with van der Waals surface area (Å²) >= 11 is 1.47. The Kier molecular flexibility index (Phi) is 3.36. The van der Waals surface area contributed by atoms with Gasteiger partial charge in [-0.15, -0.1) is 0 Å². The summed E-state index contributed by atoms with van der Waals surface area (Å²) in [4.78, 5) is 8.16. The molecule has 16 heavy (non-hydrogen) atoms. The first-order valence-corrected chi connectivity index (χ1v) is 5.68. The zero-order chi connectivity index (χ0) is 11.4. The first-order valence-electron chi connectivity index (χ1n) is 4.69. The highest BCUT2D eigenvalue weighted by Crippen LogP contribution is 2.22. The SMILES string of the molecule is Nc1cc(F)ccc1CSc1ncccn1. The van der Waals surface area contributed by atoms with Gasteiger partial charge in [0.2, 0.25) is 0 Å². The van der Waals surface area contributed by atoms with Gasteiger partial charge in [-0.1, -0.05) is 17.8 Å². The average molecular weight is 235 g/mol. The van der Waals surface area contributed by atoms with Gasteiger partial charge in [0.25, 0.3) is 0 Å². The molecule has 0 fully saturated rings. The van der Waals surface area contributed by atoms with Crippen molar-refractivity contribution in [3.63, 3.8) is 0 Å². The van der Waals surface area contributed by atoms with Crippen LogP contribution in [0.1, 0.15) is 5.56 Å². The first-order chi connectivity index (χ1) is 7.75. The monoisotopic (exact) mass is 235 g/mol. The van der Waals surface area contributed by atoms with Crippen molar-refractivity contribution in [2.45, 2.75) is 10.9 Å². The van der Waals surface area contributed by atoms with Crippen LogP contribution in [0.25, 0.3) is 0 Å². The van der Waals surface area contributed by atoms with Gasteiger partial charge in [-0.25, -0.2) is 14.4 Å². The van der Waals surface area contributed by atoms with Crippen LogP contribution in [-0.4, -0.2) is 9.97 Å². The number of benzene rings is 1. The number of anilines is 1. The summed E-state index contributed by atoms with van der Waals surface area (Å²) in [5.41, 5.74) is 7.04. The fourth-order valence-electron chi connectivity index (χ4n) is 1.20. The molecule has 1 aromatic heterocycles. The largest absolute Gasteiger partial charge is 0.398 e. The first kappa shape index (κ1) is 10.9. The van der Waals surface area contributed by atoms with Crippen molar-refractivity contribution in [2.24, 2.45) is 0 Å². The van der Waals surface area contributed by atoms with E-state index in [1.54, 1.807) is 24.5 Å². The van der Waals surface area contributed by atoms with Crippen LogP contribution in [-0.2, 0) is 5.75 Å². The standard InChI is InChI=1S/C11H10FN3S/c12-9-3-2-8(10(13)6-9)7-16-11-14-4-1-5-15-11/h1-6H,7,13H2. The van der Waals surface area contributed by atoms with Gasteiger partial charge in [0, 0.05) is 23.8 Å².